The summed E-state index contributed by atoms with van der Waals surface area (Å²) in [5.74, 6) is -2.00. The van der Waals surface area contributed by atoms with Gasteiger partial charge in [-0.3, -0.25) is 4.79 Å². The molecule has 0 aliphatic rings. The van der Waals surface area contributed by atoms with Gasteiger partial charge in [-0.1, -0.05) is 29.3 Å². The fourth-order valence-corrected chi connectivity index (χ4v) is 2.16. The van der Waals surface area contributed by atoms with Gasteiger partial charge in [-0.25, -0.2) is 8.78 Å². The lowest BCUT2D eigenvalue weighted by atomic mass is 10.1. The minimum absolute atomic E-state index is 0.120. The summed E-state index contributed by atoms with van der Waals surface area (Å²) in [4.78, 5) is 11.9. The van der Waals surface area contributed by atoms with E-state index in [0.717, 1.165) is 18.9 Å². The highest BCUT2D eigenvalue weighted by molar-refractivity contribution is 9.09. The number of amides is 1. The SMILES string of the molecule is CCCC(Br)CNC(=O)c1cc(C)c(F)cc1F. The first-order chi connectivity index (χ1) is 8.45. The van der Waals surface area contributed by atoms with E-state index in [9.17, 15) is 13.6 Å². The van der Waals surface area contributed by atoms with E-state index in [1.807, 2.05) is 6.92 Å². The molecule has 5 heteroatoms. The number of benzene rings is 1. The Kier molecular flexibility index (Phi) is 5.72. The van der Waals surface area contributed by atoms with Gasteiger partial charge in [0, 0.05) is 17.4 Å². The predicted molar refractivity (Wildman–Crippen MR) is 71.1 cm³/mol. The Morgan fingerprint density at radius 1 is 1.39 bits per heavy atom. The van der Waals surface area contributed by atoms with Gasteiger partial charge >= 0.3 is 0 Å². The van der Waals surface area contributed by atoms with Crippen molar-refractivity contribution in [1.29, 1.82) is 0 Å². The topological polar surface area (TPSA) is 29.1 Å². The monoisotopic (exact) mass is 319 g/mol. The molecule has 1 aromatic carbocycles. The first kappa shape index (κ1) is 15.1. The van der Waals surface area contributed by atoms with Crippen LogP contribution >= 0.6 is 15.9 Å². The standard InChI is InChI=1S/C13H16BrF2NO/c1-3-4-9(14)7-17-13(18)10-5-8(2)11(15)6-12(10)16/h5-6,9H,3-4,7H2,1-2H3,(H,17,18). The number of nitrogens with one attached hydrogen (secondary N) is 1. The summed E-state index contributed by atoms with van der Waals surface area (Å²) >= 11 is 3.42. The Morgan fingerprint density at radius 3 is 2.67 bits per heavy atom. The fraction of sp³-hybridized carbons (Fsp3) is 0.462. The number of aryl methyl sites for hydroxylation is 1. The Hall–Kier alpha value is -0.970. The summed E-state index contributed by atoms with van der Waals surface area (Å²) in [6.07, 6.45) is 1.92. The van der Waals surface area contributed by atoms with Crippen LogP contribution in [0.1, 0.15) is 35.7 Å². The molecule has 1 aromatic rings. The maximum Gasteiger partial charge on any atom is 0.254 e. The molecular formula is C13H16BrF2NO. The average Bonchev–Trinajstić information content (AvgIpc) is 2.31. The molecule has 2 nitrogen and oxygen atoms in total. The van der Waals surface area contributed by atoms with E-state index in [0.29, 0.717) is 6.54 Å². The molecule has 1 unspecified atom stereocenters. The highest BCUT2D eigenvalue weighted by Gasteiger charge is 2.15. The van der Waals surface area contributed by atoms with Gasteiger partial charge in [0.25, 0.3) is 5.91 Å². The normalized spacial score (nSPS) is 12.3. The summed E-state index contributed by atoms with van der Waals surface area (Å²) in [6.45, 7) is 3.96. The van der Waals surface area contributed by atoms with Gasteiger partial charge in [-0.15, -0.1) is 0 Å². The smallest absolute Gasteiger partial charge is 0.254 e. The highest BCUT2D eigenvalue weighted by Crippen LogP contribution is 2.14. The largest absolute Gasteiger partial charge is 0.351 e. The van der Waals surface area contributed by atoms with Gasteiger partial charge < -0.3 is 5.32 Å². The van der Waals surface area contributed by atoms with Crippen molar-refractivity contribution in [3.63, 3.8) is 0 Å². The van der Waals surface area contributed by atoms with Crippen LogP contribution in [0.4, 0.5) is 8.78 Å². The molecule has 0 aliphatic carbocycles. The second-order valence-corrected chi connectivity index (χ2v) is 5.47. The number of carbonyl (C=O) groups is 1. The molecule has 18 heavy (non-hydrogen) atoms. The van der Waals surface area contributed by atoms with Crippen molar-refractivity contribution in [3.05, 3.63) is 34.9 Å². The van der Waals surface area contributed by atoms with E-state index in [2.05, 4.69) is 21.2 Å². The summed E-state index contributed by atoms with van der Waals surface area (Å²) in [5, 5.41) is 2.62. The molecule has 0 heterocycles. The number of carbonyl (C=O) groups excluding carboxylic acids is 1. The zero-order valence-corrected chi connectivity index (χ0v) is 12.0. The molecule has 1 amide bonds. The van der Waals surface area contributed by atoms with E-state index in [1.54, 1.807) is 0 Å². The molecule has 1 rings (SSSR count). The van der Waals surface area contributed by atoms with Crippen LogP contribution in [0.3, 0.4) is 0 Å². The van der Waals surface area contributed by atoms with Gasteiger partial charge in [0.15, 0.2) is 0 Å². The Bertz CT molecular complexity index is 437. The van der Waals surface area contributed by atoms with Crippen LogP contribution in [-0.4, -0.2) is 17.3 Å². The van der Waals surface area contributed by atoms with Crippen molar-refractivity contribution >= 4 is 21.8 Å². The van der Waals surface area contributed by atoms with Gasteiger partial charge in [-0.2, -0.15) is 0 Å². The van der Waals surface area contributed by atoms with Gasteiger partial charge in [0.1, 0.15) is 11.6 Å². The van der Waals surface area contributed by atoms with E-state index in [1.165, 1.54) is 13.0 Å². The van der Waals surface area contributed by atoms with Crippen LogP contribution in [0.5, 0.6) is 0 Å². The Balaban J connectivity index is 2.70. The maximum atomic E-state index is 13.4. The highest BCUT2D eigenvalue weighted by atomic mass is 79.9. The van der Waals surface area contributed by atoms with Crippen molar-refractivity contribution in [2.45, 2.75) is 31.5 Å². The van der Waals surface area contributed by atoms with Crippen molar-refractivity contribution in [2.24, 2.45) is 0 Å². The molecule has 0 spiro atoms. The molecule has 1 N–H and O–H groups in total. The van der Waals surface area contributed by atoms with Crippen LogP contribution in [0.25, 0.3) is 0 Å². The Labute approximate surface area is 114 Å². The van der Waals surface area contributed by atoms with Crippen molar-refractivity contribution in [3.8, 4) is 0 Å². The number of hydrogen-bond donors (Lipinski definition) is 1. The molecule has 0 aliphatic heterocycles. The average molecular weight is 320 g/mol. The molecule has 0 aromatic heterocycles. The number of alkyl halides is 1. The summed E-state index contributed by atoms with van der Waals surface area (Å²) in [5.41, 5.74) is 0.135. The summed E-state index contributed by atoms with van der Waals surface area (Å²) in [6, 6.07) is 1.96. The lowest BCUT2D eigenvalue weighted by Gasteiger charge is -2.11. The van der Waals surface area contributed by atoms with E-state index >= 15 is 0 Å². The minimum Gasteiger partial charge on any atom is -0.351 e. The van der Waals surface area contributed by atoms with Crippen molar-refractivity contribution in [1.82, 2.24) is 5.32 Å². The zero-order valence-electron chi connectivity index (χ0n) is 10.4. The number of rotatable bonds is 5. The second kappa shape index (κ2) is 6.83. The van der Waals surface area contributed by atoms with Crippen LogP contribution < -0.4 is 5.32 Å². The van der Waals surface area contributed by atoms with Gasteiger partial charge in [0.05, 0.1) is 5.56 Å². The molecule has 0 bridgehead atoms. The second-order valence-electron chi connectivity index (χ2n) is 4.18. The molecule has 0 radical (unpaired) electrons. The quantitative estimate of drug-likeness (QED) is 0.826. The molecule has 0 saturated heterocycles. The summed E-state index contributed by atoms with van der Waals surface area (Å²) < 4.78 is 26.5. The molecule has 0 saturated carbocycles. The third kappa shape index (κ3) is 4.05. The lowest BCUT2D eigenvalue weighted by Crippen LogP contribution is -2.30. The van der Waals surface area contributed by atoms with Crippen LogP contribution in [-0.2, 0) is 0 Å². The van der Waals surface area contributed by atoms with Crippen LogP contribution in [0.15, 0.2) is 12.1 Å². The van der Waals surface area contributed by atoms with Gasteiger partial charge in [0.2, 0.25) is 0 Å². The molecule has 1 atom stereocenters. The Morgan fingerprint density at radius 2 is 2.06 bits per heavy atom. The maximum absolute atomic E-state index is 13.4. The number of halogens is 3. The van der Waals surface area contributed by atoms with E-state index in [4.69, 9.17) is 0 Å². The molecule has 100 valence electrons. The van der Waals surface area contributed by atoms with Crippen molar-refractivity contribution in [2.75, 3.05) is 6.54 Å². The third-order valence-electron chi connectivity index (χ3n) is 2.58. The fourth-order valence-electron chi connectivity index (χ4n) is 1.55. The third-order valence-corrected chi connectivity index (χ3v) is 3.36. The lowest BCUT2D eigenvalue weighted by molar-refractivity contribution is 0.0949. The van der Waals surface area contributed by atoms with Crippen LogP contribution in [0.2, 0.25) is 0 Å². The first-order valence-corrected chi connectivity index (χ1v) is 6.75. The first-order valence-electron chi connectivity index (χ1n) is 5.83. The van der Waals surface area contributed by atoms with E-state index in [-0.39, 0.29) is 16.0 Å². The predicted octanol–water partition coefficient (Wildman–Crippen LogP) is 3.57. The zero-order chi connectivity index (χ0) is 13.7. The number of hydrogen-bond acceptors (Lipinski definition) is 1. The van der Waals surface area contributed by atoms with E-state index < -0.39 is 17.5 Å². The van der Waals surface area contributed by atoms with Crippen LogP contribution in [0, 0.1) is 18.6 Å². The summed E-state index contributed by atoms with van der Waals surface area (Å²) in [7, 11) is 0. The molecule has 0 fully saturated rings. The molecular weight excluding hydrogens is 304 g/mol. The van der Waals surface area contributed by atoms with Crippen molar-refractivity contribution < 1.29 is 13.6 Å². The minimum atomic E-state index is -0.836. The van der Waals surface area contributed by atoms with Gasteiger partial charge in [-0.05, 0) is 25.0 Å².